The minimum atomic E-state index is -0.526. The van der Waals surface area contributed by atoms with Gasteiger partial charge >= 0.3 is 0 Å². The molecule has 0 aliphatic carbocycles. The maximum absolute atomic E-state index is 14.0. The van der Waals surface area contributed by atoms with Crippen LogP contribution in [0.1, 0.15) is 35.8 Å². The number of halogens is 2. The van der Waals surface area contributed by atoms with Crippen molar-refractivity contribution in [3.8, 4) is 0 Å². The molecule has 4 rings (SSSR count). The highest BCUT2D eigenvalue weighted by molar-refractivity contribution is 6.30. The number of carbonyl (C=O) groups is 1. The SMILES string of the molecule is Cc1ccc2c(Nc3ccc(Cl)c(F)c3)c(C(=O)N3CCC(C)CC3)cnc2n1. The van der Waals surface area contributed by atoms with Crippen molar-refractivity contribution in [2.75, 3.05) is 18.4 Å². The minimum Gasteiger partial charge on any atom is -0.354 e. The highest BCUT2D eigenvalue weighted by Gasteiger charge is 2.25. The summed E-state index contributed by atoms with van der Waals surface area (Å²) in [6.45, 7) is 5.53. The summed E-state index contributed by atoms with van der Waals surface area (Å²) in [5, 5.41) is 3.96. The van der Waals surface area contributed by atoms with Gasteiger partial charge < -0.3 is 10.2 Å². The molecule has 1 amide bonds. The number of hydrogen-bond donors (Lipinski definition) is 1. The van der Waals surface area contributed by atoms with Crippen LogP contribution in [-0.4, -0.2) is 33.9 Å². The lowest BCUT2D eigenvalue weighted by atomic mass is 9.98. The number of aromatic nitrogens is 2. The average Bonchev–Trinajstić information content (AvgIpc) is 2.71. The Morgan fingerprint density at radius 1 is 1.24 bits per heavy atom. The van der Waals surface area contributed by atoms with Gasteiger partial charge in [-0.1, -0.05) is 18.5 Å². The van der Waals surface area contributed by atoms with Crippen LogP contribution in [0.2, 0.25) is 5.02 Å². The Balaban J connectivity index is 1.78. The van der Waals surface area contributed by atoms with E-state index in [2.05, 4.69) is 22.2 Å². The molecule has 1 N–H and O–H groups in total. The van der Waals surface area contributed by atoms with Gasteiger partial charge in [0.2, 0.25) is 0 Å². The zero-order chi connectivity index (χ0) is 20.5. The first kappa shape index (κ1) is 19.6. The van der Waals surface area contributed by atoms with Gasteiger partial charge in [0.1, 0.15) is 5.82 Å². The predicted octanol–water partition coefficient (Wildman–Crippen LogP) is 5.35. The third kappa shape index (κ3) is 4.03. The number of hydrogen-bond acceptors (Lipinski definition) is 4. The molecule has 0 bridgehead atoms. The third-order valence-electron chi connectivity index (χ3n) is 5.36. The number of anilines is 2. The van der Waals surface area contributed by atoms with Gasteiger partial charge in [-0.2, -0.15) is 0 Å². The molecule has 1 saturated heterocycles. The van der Waals surface area contributed by atoms with Crippen LogP contribution in [0.5, 0.6) is 0 Å². The van der Waals surface area contributed by atoms with E-state index in [9.17, 15) is 9.18 Å². The van der Waals surface area contributed by atoms with Crippen molar-refractivity contribution in [2.24, 2.45) is 5.92 Å². The lowest BCUT2D eigenvalue weighted by Gasteiger charge is -2.31. The Bertz CT molecular complexity index is 1080. The number of nitrogens with one attached hydrogen (secondary N) is 1. The Morgan fingerprint density at radius 2 is 2.00 bits per heavy atom. The number of rotatable bonds is 3. The number of likely N-dealkylation sites (tertiary alicyclic amines) is 1. The van der Waals surface area contributed by atoms with Crippen LogP contribution in [0.4, 0.5) is 15.8 Å². The zero-order valence-corrected chi connectivity index (χ0v) is 17.1. The van der Waals surface area contributed by atoms with Crippen molar-refractivity contribution in [3.63, 3.8) is 0 Å². The molecule has 2 aromatic heterocycles. The van der Waals surface area contributed by atoms with Crippen LogP contribution in [0.15, 0.2) is 36.5 Å². The summed E-state index contributed by atoms with van der Waals surface area (Å²) in [7, 11) is 0. The molecule has 0 radical (unpaired) electrons. The smallest absolute Gasteiger partial charge is 0.257 e. The van der Waals surface area contributed by atoms with Crippen LogP contribution in [-0.2, 0) is 0 Å². The fraction of sp³-hybridized carbons (Fsp3) is 0.318. The Labute approximate surface area is 173 Å². The molecule has 0 saturated carbocycles. The largest absolute Gasteiger partial charge is 0.354 e. The number of fused-ring (bicyclic) bond motifs is 1. The molecule has 150 valence electrons. The Hall–Kier alpha value is -2.73. The second-order valence-electron chi connectivity index (χ2n) is 7.60. The van der Waals surface area contributed by atoms with Crippen molar-refractivity contribution in [1.82, 2.24) is 14.9 Å². The summed E-state index contributed by atoms with van der Waals surface area (Å²) in [5.41, 5.74) is 2.89. The highest BCUT2D eigenvalue weighted by atomic mass is 35.5. The number of nitrogens with zero attached hydrogens (tertiary/aromatic N) is 3. The number of aryl methyl sites for hydroxylation is 1. The molecule has 3 aromatic rings. The lowest BCUT2D eigenvalue weighted by molar-refractivity contribution is 0.0698. The molecule has 1 aliphatic heterocycles. The van der Waals surface area contributed by atoms with Gasteiger partial charge in [-0.15, -0.1) is 0 Å². The molecule has 0 unspecified atom stereocenters. The van der Waals surface area contributed by atoms with E-state index in [1.165, 1.54) is 12.1 Å². The van der Waals surface area contributed by atoms with Gasteiger partial charge in [0.25, 0.3) is 5.91 Å². The van der Waals surface area contributed by atoms with E-state index in [1.54, 1.807) is 12.3 Å². The predicted molar refractivity (Wildman–Crippen MR) is 113 cm³/mol. The van der Waals surface area contributed by atoms with Crippen LogP contribution in [0, 0.1) is 18.7 Å². The maximum atomic E-state index is 14.0. The molecule has 3 heterocycles. The Kier molecular flexibility index (Phi) is 5.37. The second-order valence-corrected chi connectivity index (χ2v) is 8.01. The van der Waals surface area contributed by atoms with E-state index < -0.39 is 5.82 Å². The standard InChI is InChI=1S/C22H22ClFN4O/c1-13-7-9-28(10-8-13)22(29)17-12-25-21-16(5-3-14(2)26-21)20(17)27-15-4-6-18(23)19(24)11-15/h3-6,11-13H,7-10H2,1-2H3,(H,25,26,27). The molecule has 29 heavy (non-hydrogen) atoms. The van der Waals surface area contributed by atoms with Crippen molar-refractivity contribution in [1.29, 1.82) is 0 Å². The van der Waals surface area contributed by atoms with Crippen LogP contribution in [0.25, 0.3) is 11.0 Å². The summed E-state index contributed by atoms with van der Waals surface area (Å²) in [5.74, 6) is 0.0151. The van der Waals surface area contributed by atoms with E-state index in [-0.39, 0.29) is 10.9 Å². The highest BCUT2D eigenvalue weighted by Crippen LogP contribution is 2.31. The molecule has 0 spiro atoms. The van der Waals surface area contributed by atoms with E-state index in [4.69, 9.17) is 11.6 Å². The first-order valence-electron chi connectivity index (χ1n) is 9.70. The van der Waals surface area contributed by atoms with Gasteiger partial charge in [0.15, 0.2) is 5.65 Å². The zero-order valence-electron chi connectivity index (χ0n) is 16.4. The van der Waals surface area contributed by atoms with Gasteiger partial charge in [-0.3, -0.25) is 4.79 Å². The quantitative estimate of drug-likeness (QED) is 0.630. The second kappa shape index (κ2) is 7.95. The molecule has 1 aliphatic rings. The van der Waals surface area contributed by atoms with Gasteiger partial charge in [0, 0.05) is 36.1 Å². The summed E-state index contributed by atoms with van der Waals surface area (Å²) in [6, 6.07) is 8.23. The fourth-order valence-electron chi connectivity index (χ4n) is 3.57. The van der Waals surface area contributed by atoms with E-state index in [0.717, 1.165) is 31.6 Å². The molecular formula is C22H22ClFN4O. The Morgan fingerprint density at radius 3 is 2.72 bits per heavy atom. The monoisotopic (exact) mass is 412 g/mol. The fourth-order valence-corrected chi connectivity index (χ4v) is 3.69. The number of amides is 1. The van der Waals surface area contributed by atoms with Crippen molar-refractivity contribution < 1.29 is 9.18 Å². The first-order chi connectivity index (χ1) is 13.9. The van der Waals surface area contributed by atoms with Gasteiger partial charge in [-0.05, 0) is 56.0 Å². The summed E-state index contributed by atoms with van der Waals surface area (Å²) in [6.07, 6.45) is 3.53. The number of benzene rings is 1. The maximum Gasteiger partial charge on any atom is 0.257 e. The van der Waals surface area contributed by atoms with Crippen molar-refractivity contribution in [2.45, 2.75) is 26.7 Å². The summed E-state index contributed by atoms with van der Waals surface area (Å²) >= 11 is 5.81. The van der Waals surface area contributed by atoms with E-state index >= 15 is 0 Å². The molecule has 5 nitrogen and oxygen atoms in total. The molecule has 7 heteroatoms. The number of pyridine rings is 2. The topological polar surface area (TPSA) is 58.1 Å². The van der Waals surface area contributed by atoms with Crippen LogP contribution < -0.4 is 5.32 Å². The molecule has 1 fully saturated rings. The summed E-state index contributed by atoms with van der Waals surface area (Å²) in [4.78, 5) is 24.0. The number of carbonyl (C=O) groups excluding carboxylic acids is 1. The number of piperidine rings is 1. The molecular weight excluding hydrogens is 391 g/mol. The normalized spacial score (nSPS) is 15.0. The van der Waals surface area contributed by atoms with E-state index in [0.29, 0.717) is 33.9 Å². The first-order valence-corrected chi connectivity index (χ1v) is 10.1. The summed E-state index contributed by atoms with van der Waals surface area (Å²) < 4.78 is 14.0. The van der Waals surface area contributed by atoms with Crippen LogP contribution >= 0.6 is 11.6 Å². The van der Waals surface area contributed by atoms with Crippen LogP contribution in [0.3, 0.4) is 0 Å². The molecule has 0 atom stereocenters. The van der Waals surface area contributed by atoms with Gasteiger partial charge in [-0.25, -0.2) is 14.4 Å². The molecule has 1 aromatic carbocycles. The van der Waals surface area contributed by atoms with E-state index in [1.807, 2.05) is 24.0 Å². The van der Waals surface area contributed by atoms with Crippen molar-refractivity contribution in [3.05, 3.63) is 58.6 Å². The third-order valence-corrected chi connectivity index (χ3v) is 5.67. The van der Waals surface area contributed by atoms with Gasteiger partial charge in [0.05, 0.1) is 16.3 Å². The average molecular weight is 413 g/mol. The van der Waals surface area contributed by atoms with Crippen molar-refractivity contribution >= 4 is 39.9 Å². The lowest BCUT2D eigenvalue weighted by Crippen LogP contribution is -2.38. The minimum absolute atomic E-state index is 0.0474.